The Hall–Kier alpha value is -0.910. The molecule has 1 fully saturated rings. The molecule has 5 heteroatoms. The summed E-state index contributed by atoms with van der Waals surface area (Å²) in [6.07, 6.45) is 4.16. The molecule has 0 aromatic carbocycles. The van der Waals surface area contributed by atoms with Crippen molar-refractivity contribution < 1.29 is 9.90 Å². The first kappa shape index (κ1) is 16.5. The second kappa shape index (κ2) is 7.38. The molecule has 0 spiro atoms. The van der Waals surface area contributed by atoms with Crippen LogP contribution in [0.25, 0.3) is 0 Å². The average molecular weight is 310 g/mol. The normalized spacial score (nSPS) is 14.7. The molecule has 1 saturated carbocycles. The number of aliphatic hydroxyl groups is 1. The Bertz CT molecular complexity index is 495. The van der Waals surface area contributed by atoms with Gasteiger partial charge in [0.05, 0.1) is 11.5 Å². The molecular formula is C16H26N2O2S. The molecule has 4 nitrogen and oxygen atoms in total. The molecule has 21 heavy (non-hydrogen) atoms. The van der Waals surface area contributed by atoms with Crippen LogP contribution in [0.15, 0.2) is 0 Å². The minimum Gasteiger partial charge on any atom is -0.396 e. The van der Waals surface area contributed by atoms with Crippen molar-refractivity contribution in [2.45, 2.75) is 52.5 Å². The largest absolute Gasteiger partial charge is 0.396 e. The Morgan fingerprint density at radius 3 is 2.52 bits per heavy atom. The fourth-order valence-electron chi connectivity index (χ4n) is 2.47. The first-order valence-corrected chi connectivity index (χ1v) is 8.56. The van der Waals surface area contributed by atoms with Crippen LogP contribution in [0.5, 0.6) is 0 Å². The Morgan fingerprint density at radius 2 is 2.00 bits per heavy atom. The Balaban J connectivity index is 1.88. The molecule has 1 aromatic rings. The number of aliphatic hydroxyl groups excluding tert-OH is 1. The molecule has 2 rings (SSSR count). The Kier molecular flexibility index (Phi) is 5.79. The van der Waals surface area contributed by atoms with Crippen LogP contribution >= 0.6 is 11.3 Å². The molecule has 1 aliphatic carbocycles. The smallest absolute Gasteiger partial charge is 0.239 e. The SMILES string of the molecule is Cc1sc(NC(=O)CN(CCCCO)C2CC2)c(C)c1C. The van der Waals surface area contributed by atoms with Crippen LogP contribution in [0.4, 0.5) is 5.00 Å². The lowest BCUT2D eigenvalue weighted by Crippen LogP contribution is -2.35. The average Bonchev–Trinajstić information content (AvgIpc) is 3.25. The minimum atomic E-state index is 0.0789. The molecule has 118 valence electrons. The molecule has 0 radical (unpaired) electrons. The van der Waals surface area contributed by atoms with Crippen LogP contribution < -0.4 is 5.32 Å². The zero-order chi connectivity index (χ0) is 15.4. The predicted octanol–water partition coefficient (Wildman–Crippen LogP) is 2.85. The number of nitrogens with one attached hydrogen (secondary N) is 1. The second-order valence-corrected chi connectivity index (χ2v) is 7.14. The number of hydrogen-bond donors (Lipinski definition) is 2. The van der Waals surface area contributed by atoms with E-state index in [-0.39, 0.29) is 12.5 Å². The standard InChI is InChI=1S/C16H26N2O2S/c1-11-12(2)16(21-13(11)3)17-15(20)10-18(14-6-7-14)8-4-5-9-19/h14,19H,4-10H2,1-3H3,(H,17,20). The molecular weight excluding hydrogens is 284 g/mol. The molecule has 1 aromatic heterocycles. The number of anilines is 1. The Labute approximate surface area is 131 Å². The van der Waals surface area contributed by atoms with Crippen molar-refractivity contribution in [2.24, 2.45) is 0 Å². The second-order valence-electron chi connectivity index (χ2n) is 5.92. The van der Waals surface area contributed by atoms with E-state index in [1.54, 1.807) is 11.3 Å². The summed E-state index contributed by atoms with van der Waals surface area (Å²) in [5, 5.41) is 12.9. The van der Waals surface area contributed by atoms with Crippen molar-refractivity contribution >= 4 is 22.2 Å². The van der Waals surface area contributed by atoms with Crippen molar-refractivity contribution in [3.05, 3.63) is 16.0 Å². The quantitative estimate of drug-likeness (QED) is 0.726. The lowest BCUT2D eigenvalue weighted by atomic mass is 10.2. The molecule has 1 aliphatic rings. The van der Waals surface area contributed by atoms with Gasteiger partial charge in [-0.15, -0.1) is 11.3 Å². The van der Waals surface area contributed by atoms with Gasteiger partial charge < -0.3 is 10.4 Å². The molecule has 0 atom stereocenters. The van der Waals surface area contributed by atoms with E-state index in [2.05, 4.69) is 31.0 Å². The van der Waals surface area contributed by atoms with Gasteiger partial charge in [-0.25, -0.2) is 0 Å². The molecule has 0 unspecified atom stereocenters. The molecule has 0 aliphatic heterocycles. The number of carbonyl (C=O) groups excluding carboxylic acids is 1. The van der Waals surface area contributed by atoms with Gasteiger partial charge in [-0.1, -0.05) is 0 Å². The lowest BCUT2D eigenvalue weighted by Gasteiger charge is -2.21. The van der Waals surface area contributed by atoms with Gasteiger partial charge in [0.1, 0.15) is 0 Å². The van der Waals surface area contributed by atoms with Gasteiger partial charge >= 0.3 is 0 Å². The summed E-state index contributed by atoms with van der Waals surface area (Å²) in [6, 6.07) is 0.572. The van der Waals surface area contributed by atoms with Gasteiger partial charge in [0, 0.05) is 17.5 Å². The number of hydrogen-bond acceptors (Lipinski definition) is 4. The molecule has 1 heterocycles. The molecule has 0 saturated heterocycles. The van der Waals surface area contributed by atoms with E-state index in [1.165, 1.54) is 28.8 Å². The van der Waals surface area contributed by atoms with Crippen LogP contribution in [-0.4, -0.2) is 41.7 Å². The van der Waals surface area contributed by atoms with Gasteiger partial charge in [0.15, 0.2) is 0 Å². The maximum Gasteiger partial charge on any atom is 0.239 e. The van der Waals surface area contributed by atoms with Crippen LogP contribution in [0.3, 0.4) is 0 Å². The van der Waals surface area contributed by atoms with Gasteiger partial charge in [0.25, 0.3) is 0 Å². The number of amides is 1. The highest BCUT2D eigenvalue weighted by atomic mass is 32.1. The monoisotopic (exact) mass is 310 g/mol. The van der Waals surface area contributed by atoms with Crippen molar-refractivity contribution in [2.75, 3.05) is 25.0 Å². The summed E-state index contributed by atoms with van der Waals surface area (Å²) >= 11 is 1.66. The summed E-state index contributed by atoms with van der Waals surface area (Å²) in [5.74, 6) is 0.0789. The van der Waals surface area contributed by atoms with Gasteiger partial charge in [0.2, 0.25) is 5.91 Å². The van der Waals surface area contributed by atoms with Crippen LogP contribution in [0.1, 0.15) is 41.7 Å². The molecule has 1 amide bonds. The lowest BCUT2D eigenvalue weighted by molar-refractivity contribution is -0.117. The first-order valence-electron chi connectivity index (χ1n) is 7.74. The summed E-state index contributed by atoms with van der Waals surface area (Å²) in [4.78, 5) is 15.8. The summed E-state index contributed by atoms with van der Waals surface area (Å²) in [5.41, 5.74) is 2.46. The number of nitrogens with zero attached hydrogens (tertiary/aromatic N) is 1. The van der Waals surface area contributed by atoms with E-state index >= 15 is 0 Å². The number of thiophene rings is 1. The van der Waals surface area contributed by atoms with Crippen LogP contribution in [0.2, 0.25) is 0 Å². The fraction of sp³-hybridized carbons (Fsp3) is 0.688. The van der Waals surface area contributed by atoms with Gasteiger partial charge in [-0.05, 0) is 64.1 Å². The summed E-state index contributed by atoms with van der Waals surface area (Å²) in [7, 11) is 0. The zero-order valence-electron chi connectivity index (χ0n) is 13.2. The van der Waals surface area contributed by atoms with Crippen molar-refractivity contribution in [3.63, 3.8) is 0 Å². The van der Waals surface area contributed by atoms with Crippen LogP contribution in [-0.2, 0) is 4.79 Å². The van der Waals surface area contributed by atoms with Crippen molar-refractivity contribution in [3.8, 4) is 0 Å². The van der Waals surface area contributed by atoms with E-state index < -0.39 is 0 Å². The zero-order valence-corrected chi connectivity index (χ0v) is 14.1. The highest BCUT2D eigenvalue weighted by Crippen LogP contribution is 2.32. The predicted molar refractivity (Wildman–Crippen MR) is 88.1 cm³/mol. The minimum absolute atomic E-state index is 0.0789. The van der Waals surface area contributed by atoms with Gasteiger partial charge in [-0.3, -0.25) is 9.69 Å². The topological polar surface area (TPSA) is 52.6 Å². The van der Waals surface area contributed by atoms with Crippen LogP contribution in [0, 0.1) is 20.8 Å². The van der Waals surface area contributed by atoms with E-state index in [1.807, 2.05) is 0 Å². The summed E-state index contributed by atoms with van der Waals surface area (Å²) in [6.45, 7) is 7.86. The first-order chi connectivity index (χ1) is 10.0. The third-order valence-electron chi connectivity index (χ3n) is 4.20. The highest BCUT2D eigenvalue weighted by molar-refractivity contribution is 7.16. The number of aryl methyl sites for hydroxylation is 1. The highest BCUT2D eigenvalue weighted by Gasteiger charge is 2.29. The van der Waals surface area contributed by atoms with Gasteiger partial charge in [-0.2, -0.15) is 0 Å². The van der Waals surface area contributed by atoms with Crippen molar-refractivity contribution in [1.82, 2.24) is 4.90 Å². The third-order valence-corrected chi connectivity index (χ3v) is 5.43. The fourth-order valence-corrected chi connectivity index (χ4v) is 3.55. The van der Waals surface area contributed by atoms with E-state index in [4.69, 9.17) is 5.11 Å². The maximum atomic E-state index is 12.3. The molecule has 2 N–H and O–H groups in total. The molecule has 0 bridgehead atoms. The Morgan fingerprint density at radius 1 is 1.29 bits per heavy atom. The van der Waals surface area contributed by atoms with E-state index in [9.17, 15) is 4.79 Å². The number of unbranched alkanes of at least 4 members (excludes halogenated alkanes) is 1. The van der Waals surface area contributed by atoms with E-state index in [0.717, 1.165) is 24.4 Å². The van der Waals surface area contributed by atoms with Crippen molar-refractivity contribution in [1.29, 1.82) is 0 Å². The third kappa shape index (κ3) is 4.53. The number of rotatable bonds is 8. The number of carbonyl (C=O) groups is 1. The maximum absolute atomic E-state index is 12.3. The summed E-state index contributed by atoms with van der Waals surface area (Å²) < 4.78 is 0. The van der Waals surface area contributed by atoms with E-state index in [0.29, 0.717) is 12.6 Å².